The first kappa shape index (κ1) is 35.0. The highest BCUT2D eigenvalue weighted by atomic mass is 15.0. The van der Waals surface area contributed by atoms with Crippen LogP contribution in [0.5, 0.6) is 0 Å². The molecule has 0 N–H and O–H groups in total. The van der Waals surface area contributed by atoms with Gasteiger partial charge in [0.05, 0.1) is 44.1 Å². The van der Waals surface area contributed by atoms with E-state index < -0.39 is 0 Å². The molecule has 0 aliphatic heterocycles. The van der Waals surface area contributed by atoms with Crippen molar-refractivity contribution in [2.75, 3.05) is 0 Å². The Hall–Kier alpha value is -8.60. The number of fused-ring (bicyclic) bond motifs is 13. The topological polar surface area (TPSA) is 19.7 Å². The maximum atomic E-state index is 2.43. The summed E-state index contributed by atoms with van der Waals surface area (Å²) in [6.45, 7) is 0. The van der Waals surface area contributed by atoms with Crippen molar-refractivity contribution >= 4 is 87.2 Å². The van der Waals surface area contributed by atoms with Gasteiger partial charge in [-0.25, -0.2) is 0 Å². The zero-order valence-corrected chi connectivity index (χ0v) is 34.7. The minimum Gasteiger partial charge on any atom is -0.309 e. The SMILES string of the molecule is c1ccc(-n2c3ccccc3c3cc4c5ccccc5n(-c5ccc(-c6ccc(-n7c8ccccc8c8c9c%10ccccc%10n(-c%10ccccc%10)c9ccc87)cc6)cc5)c4cc32)cc1. The molecule has 0 spiro atoms. The Balaban J connectivity index is 0.887. The van der Waals surface area contributed by atoms with Gasteiger partial charge in [-0.2, -0.15) is 0 Å². The Morgan fingerprint density at radius 1 is 0.188 bits per heavy atom. The Bertz CT molecular complexity index is 4150. The van der Waals surface area contributed by atoms with Gasteiger partial charge in [0.2, 0.25) is 0 Å². The summed E-state index contributed by atoms with van der Waals surface area (Å²) in [5.41, 5.74) is 16.6. The maximum Gasteiger partial charge on any atom is 0.0562 e. The Morgan fingerprint density at radius 2 is 0.500 bits per heavy atom. The minimum absolute atomic E-state index is 1.14. The van der Waals surface area contributed by atoms with Gasteiger partial charge in [0.25, 0.3) is 0 Å². The zero-order chi connectivity index (χ0) is 41.9. The molecule has 0 saturated heterocycles. The van der Waals surface area contributed by atoms with Crippen LogP contribution in [0.25, 0.3) is 121 Å². The van der Waals surface area contributed by atoms with Crippen molar-refractivity contribution < 1.29 is 0 Å². The summed E-state index contributed by atoms with van der Waals surface area (Å²) in [5, 5.41) is 10.1. The third-order valence-corrected chi connectivity index (χ3v) is 13.6. The van der Waals surface area contributed by atoms with Crippen molar-refractivity contribution in [2.24, 2.45) is 0 Å². The van der Waals surface area contributed by atoms with Crippen LogP contribution in [0, 0.1) is 0 Å². The lowest BCUT2D eigenvalue weighted by Gasteiger charge is -2.12. The van der Waals surface area contributed by atoms with Gasteiger partial charge in [-0.1, -0.05) is 133 Å². The number of nitrogens with zero attached hydrogens (tertiary/aromatic N) is 4. The largest absolute Gasteiger partial charge is 0.309 e. The van der Waals surface area contributed by atoms with E-state index in [2.05, 4.69) is 249 Å². The Morgan fingerprint density at radius 3 is 0.906 bits per heavy atom. The molecule has 0 aliphatic carbocycles. The molecule has 4 heteroatoms. The highest BCUT2D eigenvalue weighted by Crippen LogP contribution is 2.43. The third kappa shape index (κ3) is 4.93. The molecule has 64 heavy (non-hydrogen) atoms. The highest BCUT2D eigenvalue weighted by Gasteiger charge is 2.21. The molecule has 0 amide bonds. The maximum absolute atomic E-state index is 2.43. The van der Waals surface area contributed by atoms with Gasteiger partial charge in [0.15, 0.2) is 0 Å². The molecule has 0 aliphatic rings. The number of hydrogen-bond donors (Lipinski definition) is 0. The summed E-state index contributed by atoms with van der Waals surface area (Å²) in [6, 6.07) is 84.3. The zero-order valence-electron chi connectivity index (χ0n) is 34.7. The highest BCUT2D eigenvalue weighted by molar-refractivity contribution is 6.29. The van der Waals surface area contributed by atoms with Crippen LogP contribution in [0.15, 0.2) is 231 Å². The van der Waals surface area contributed by atoms with E-state index >= 15 is 0 Å². The van der Waals surface area contributed by atoms with Gasteiger partial charge in [-0.05, 0) is 108 Å². The minimum atomic E-state index is 1.14. The fourth-order valence-corrected chi connectivity index (χ4v) is 10.8. The first-order valence-corrected chi connectivity index (χ1v) is 22.0. The molecule has 0 radical (unpaired) electrons. The molecule has 4 heterocycles. The molecule has 10 aromatic carbocycles. The number of rotatable bonds is 5. The summed E-state index contributed by atoms with van der Waals surface area (Å²) in [5.74, 6) is 0. The Kier molecular flexibility index (Phi) is 7.36. The predicted octanol–water partition coefficient (Wildman–Crippen LogP) is 15.7. The van der Waals surface area contributed by atoms with Crippen molar-refractivity contribution in [2.45, 2.75) is 0 Å². The number of hydrogen-bond acceptors (Lipinski definition) is 0. The standard InChI is InChI=1S/C60H38N4/c1-3-15-41(16-4-1)61-53-25-13-9-21-47(53)59-55(61)35-36-56-60(59)48-22-10-14-26-54(48)62(56)43-31-27-39(28-32-43)40-29-33-44(34-30-40)64-52-24-12-8-20-46(52)50-37-49-45-19-7-11-23-51(45)63(57(49)38-58(50)64)42-17-5-2-6-18-42/h1-38H. The Labute approximate surface area is 368 Å². The van der Waals surface area contributed by atoms with Gasteiger partial charge < -0.3 is 18.3 Å². The average molecular weight is 815 g/mol. The van der Waals surface area contributed by atoms with Crippen LogP contribution >= 0.6 is 0 Å². The van der Waals surface area contributed by atoms with E-state index in [0.29, 0.717) is 0 Å². The lowest BCUT2D eigenvalue weighted by atomic mass is 10.0. The van der Waals surface area contributed by atoms with E-state index in [4.69, 9.17) is 0 Å². The van der Waals surface area contributed by atoms with E-state index in [1.165, 1.54) is 104 Å². The predicted molar refractivity (Wildman–Crippen MR) is 269 cm³/mol. The first-order chi connectivity index (χ1) is 31.8. The summed E-state index contributed by atoms with van der Waals surface area (Å²) in [6.07, 6.45) is 0. The van der Waals surface area contributed by atoms with Crippen LogP contribution in [0.2, 0.25) is 0 Å². The second-order valence-corrected chi connectivity index (χ2v) is 16.9. The first-order valence-electron chi connectivity index (χ1n) is 22.0. The molecule has 14 rings (SSSR count). The molecule has 14 aromatic rings. The molecule has 0 fully saturated rings. The molecule has 0 unspecified atom stereocenters. The van der Waals surface area contributed by atoms with Crippen LogP contribution in [0.1, 0.15) is 0 Å². The van der Waals surface area contributed by atoms with Crippen LogP contribution in [0.4, 0.5) is 0 Å². The monoisotopic (exact) mass is 814 g/mol. The summed E-state index contributed by atoms with van der Waals surface area (Å²) < 4.78 is 9.67. The summed E-state index contributed by atoms with van der Waals surface area (Å²) in [4.78, 5) is 0. The molecular weight excluding hydrogens is 777 g/mol. The average Bonchev–Trinajstić information content (AvgIpc) is 4.08. The fourth-order valence-electron chi connectivity index (χ4n) is 10.8. The van der Waals surface area contributed by atoms with Crippen LogP contribution < -0.4 is 0 Å². The molecule has 0 bridgehead atoms. The molecule has 4 aromatic heterocycles. The van der Waals surface area contributed by atoms with E-state index in [1.807, 2.05) is 0 Å². The normalized spacial score (nSPS) is 12.1. The molecule has 0 atom stereocenters. The quantitative estimate of drug-likeness (QED) is 0.165. The second-order valence-electron chi connectivity index (χ2n) is 16.9. The van der Waals surface area contributed by atoms with E-state index in [0.717, 1.165) is 17.1 Å². The second kappa shape index (κ2) is 13.4. The van der Waals surface area contributed by atoms with Crippen LogP contribution in [-0.4, -0.2) is 18.3 Å². The van der Waals surface area contributed by atoms with Crippen LogP contribution in [0.3, 0.4) is 0 Å². The van der Waals surface area contributed by atoms with Crippen molar-refractivity contribution in [3.8, 4) is 33.9 Å². The number of aromatic nitrogens is 4. The van der Waals surface area contributed by atoms with Gasteiger partial charge >= 0.3 is 0 Å². The van der Waals surface area contributed by atoms with Gasteiger partial charge in [-0.15, -0.1) is 0 Å². The molecule has 4 nitrogen and oxygen atoms in total. The van der Waals surface area contributed by atoms with Gasteiger partial charge in [0.1, 0.15) is 0 Å². The lowest BCUT2D eigenvalue weighted by Crippen LogP contribution is -1.96. The van der Waals surface area contributed by atoms with Gasteiger partial charge in [-0.3, -0.25) is 0 Å². The van der Waals surface area contributed by atoms with E-state index in [1.54, 1.807) is 0 Å². The van der Waals surface area contributed by atoms with Crippen molar-refractivity contribution in [1.29, 1.82) is 0 Å². The number of para-hydroxylation sites is 6. The fraction of sp³-hybridized carbons (Fsp3) is 0. The van der Waals surface area contributed by atoms with E-state index in [-0.39, 0.29) is 0 Å². The third-order valence-electron chi connectivity index (χ3n) is 13.6. The van der Waals surface area contributed by atoms with Crippen molar-refractivity contribution in [3.05, 3.63) is 231 Å². The molecular formula is C60H38N4. The van der Waals surface area contributed by atoms with E-state index in [9.17, 15) is 0 Å². The summed E-state index contributed by atoms with van der Waals surface area (Å²) >= 11 is 0. The smallest absolute Gasteiger partial charge is 0.0562 e. The van der Waals surface area contributed by atoms with Crippen molar-refractivity contribution in [1.82, 2.24) is 18.3 Å². The van der Waals surface area contributed by atoms with Crippen LogP contribution in [-0.2, 0) is 0 Å². The summed E-state index contributed by atoms with van der Waals surface area (Å²) in [7, 11) is 0. The lowest BCUT2D eigenvalue weighted by molar-refractivity contribution is 1.16. The molecule has 298 valence electrons. The number of benzene rings is 10. The van der Waals surface area contributed by atoms with Gasteiger partial charge in [0, 0.05) is 65.8 Å². The van der Waals surface area contributed by atoms with Crippen molar-refractivity contribution in [3.63, 3.8) is 0 Å². The molecule has 0 saturated carbocycles.